The third-order valence-electron chi connectivity index (χ3n) is 3.15. The second kappa shape index (κ2) is 7.55. The second-order valence-electron chi connectivity index (χ2n) is 4.59. The zero-order chi connectivity index (χ0) is 16.0. The summed E-state index contributed by atoms with van der Waals surface area (Å²) in [4.78, 5) is 24.5. The number of hydrogen-bond donors (Lipinski definition) is 2. The summed E-state index contributed by atoms with van der Waals surface area (Å²) >= 11 is 5.92. The molecule has 0 saturated carbocycles. The predicted molar refractivity (Wildman–Crippen MR) is 81.0 cm³/mol. The van der Waals surface area contributed by atoms with Crippen molar-refractivity contribution in [3.63, 3.8) is 0 Å². The van der Waals surface area contributed by atoms with Crippen molar-refractivity contribution in [2.24, 2.45) is 0 Å². The summed E-state index contributed by atoms with van der Waals surface area (Å²) < 4.78 is 0. The van der Waals surface area contributed by atoms with Gasteiger partial charge in [0.05, 0.1) is 6.04 Å². The molecule has 0 aliphatic heterocycles. The van der Waals surface area contributed by atoms with Gasteiger partial charge in [0.25, 0.3) is 0 Å². The van der Waals surface area contributed by atoms with Crippen molar-refractivity contribution >= 4 is 23.6 Å². The molecular weight excluding hydrogens is 292 g/mol. The standard InChI is InChI=1S/C15H17ClN2O3/c1-4-6-13(14(19)20)17-15(21)18(3)10(2)11-7-5-8-12(16)9-11/h1,5,7-10,13H,6H2,2-3H3,(H,17,21)(H,19,20). The van der Waals surface area contributed by atoms with Gasteiger partial charge in [-0.25, -0.2) is 9.59 Å². The van der Waals surface area contributed by atoms with Crippen molar-refractivity contribution in [3.05, 3.63) is 34.9 Å². The van der Waals surface area contributed by atoms with Crippen molar-refractivity contribution in [2.45, 2.75) is 25.4 Å². The summed E-state index contributed by atoms with van der Waals surface area (Å²) in [5.41, 5.74) is 0.851. The minimum Gasteiger partial charge on any atom is -0.480 e. The Morgan fingerprint density at radius 1 is 1.52 bits per heavy atom. The minimum absolute atomic E-state index is 0.0690. The first-order chi connectivity index (χ1) is 9.86. The Morgan fingerprint density at radius 3 is 2.71 bits per heavy atom. The summed E-state index contributed by atoms with van der Waals surface area (Å²) in [6.45, 7) is 1.82. The fourth-order valence-corrected chi connectivity index (χ4v) is 1.93. The molecule has 0 aliphatic rings. The number of carbonyl (C=O) groups is 2. The van der Waals surface area contributed by atoms with Gasteiger partial charge >= 0.3 is 12.0 Å². The van der Waals surface area contributed by atoms with Crippen LogP contribution in [0.15, 0.2) is 24.3 Å². The van der Waals surface area contributed by atoms with Crippen LogP contribution in [0.4, 0.5) is 4.79 Å². The summed E-state index contributed by atoms with van der Waals surface area (Å²) in [6.07, 6.45) is 5.02. The number of benzene rings is 1. The van der Waals surface area contributed by atoms with Gasteiger partial charge in [-0.05, 0) is 24.6 Å². The van der Waals surface area contributed by atoms with Gasteiger partial charge in [0.2, 0.25) is 0 Å². The fraction of sp³-hybridized carbons (Fsp3) is 0.333. The van der Waals surface area contributed by atoms with E-state index in [1.165, 1.54) is 4.90 Å². The van der Waals surface area contributed by atoms with Crippen LogP contribution in [0, 0.1) is 12.3 Å². The number of halogens is 1. The lowest BCUT2D eigenvalue weighted by molar-refractivity contribution is -0.139. The Bertz CT molecular complexity index is 568. The molecule has 2 atom stereocenters. The molecule has 5 nitrogen and oxygen atoms in total. The molecule has 1 aromatic carbocycles. The van der Waals surface area contributed by atoms with Crippen LogP contribution >= 0.6 is 11.6 Å². The molecule has 0 aliphatic carbocycles. The molecule has 2 N–H and O–H groups in total. The number of hydrogen-bond acceptors (Lipinski definition) is 2. The van der Waals surface area contributed by atoms with Crippen LogP contribution < -0.4 is 5.32 Å². The Kier molecular flexibility index (Phi) is 6.07. The zero-order valence-corrected chi connectivity index (χ0v) is 12.6. The van der Waals surface area contributed by atoms with E-state index in [9.17, 15) is 9.59 Å². The third kappa shape index (κ3) is 4.69. The van der Waals surface area contributed by atoms with Gasteiger partial charge in [0, 0.05) is 18.5 Å². The van der Waals surface area contributed by atoms with Gasteiger partial charge in [-0.2, -0.15) is 0 Å². The molecule has 0 radical (unpaired) electrons. The van der Waals surface area contributed by atoms with Crippen LogP contribution in [0.3, 0.4) is 0 Å². The molecule has 1 aromatic rings. The molecule has 1 rings (SSSR count). The maximum atomic E-state index is 12.1. The quantitative estimate of drug-likeness (QED) is 0.821. The number of urea groups is 1. The highest BCUT2D eigenvalue weighted by molar-refractivity contribution is 6.30. The molecule has 6 heteroatoms. The molecule has 0 saturated heterocycles. The first-order valence-electron chi connectivity index (χ1n) is 6.32. The zero-order valence-electron chi connectivity index (χ0n) is 11.8. The predicted octanol–water partition coefficient (Wildman–Crippen LogP) is 2.52. The third-order valence-corrected chi connectivity index (χ3v) is 3.39. The van der Waals surface area contributed by atoms with Crippen LogP contribution in [-0.4, -0.2) is 35.1 Å². The molecule has 2 amide bonds. The van der Waals surface area contributed by atoms with Crippen molar-refractivity contribution in [3.8, 4) is 12.3 Å². The number of nitrogens with one attached hydrogen (secondary N) is 1. The van der Waals surface area contributed by atoms with Gasteiger partial charge in [-0.15, -0.1) is 12.3 Å². The lowest BCUT2D eigenvalue weighted by Gasteiger charge is -2.27. The van der Waals surface area contributed by atoms with Crippen LogP contribution in [0.2, 0.25) is 5.02 Å². The average molecular weight is 309 g/mol. The smallest absolute Gasteiger partial charge is 0.327 e. The number of aliphatic carboxylic acids is 1. The van der Waals surface area contributed by atoms with Crippen LogP contribution in [0.5, 0.6) is 0 Å². The van der Waals surface area contributed by atoms with E-state index in [1.54, 1.807) is 25.2 Å². The summed E-state index contributed by atoms with van der Waals surface area (Å²) in [7, 11) is 1.58. The van der Waals surface area contributed by atoms with E-state index < -0.39 is 18.0 Å². The van der Waals surface area contributed by atoms with E-state index in [2.05, 4.69) is 11.2 Å². The normalized spacial score (nSPS) is 12.9. The first-order valence-corrected chi connectivity index (χ1v) is 6.69. The van der Waals surface area contributed by atoms with Gasteiger partial charge in [0.15, 0.2) is 0 Å². The maximum absolute atomic E-state index is 12.1. The number of amides is 2. The molecule has 0 aromatic heterocycles. The van der Waals surface area contributed by atoms with Gasteiger partial charge in [-0.3, -0.25) is 0 Å². The number of nitrogens with zero attached hydrogens (tertiary/aromatic N) is 1. The monoisotopic (exact) mass is 308 g/mol. The average Bonchev–Trinajstić information content (AvgIpc) is 2.44. The number of carboxylic acid groups (broad SMARTS) is 1. The highest BCUT2D eigenvalue weighted by atomic mass is 35.5. The molecule has 2 unspecified atom stereocenters. The number of rotatable bonds is 5. The van der Waals surface area contributed by atoms with Crippen LogP contribution in [-0.2, 0) is 4.79 Å². The number of carboxylic acids is 1. The molecule has 0 spiro atoms. The van der Waals surface area contributed by atoms with Crippen molar-refractivity contribution in [2.75, 3.05) is 7.05 Å². The minimum atomic E-state index is -1.16. The molecular formula is C15H17ClN2O3. The maximum Gasteiger partial charge on any atom is 0.327 e. The topological polar surface area (TPSA) is 69.6 Å². The van der Waals surface area contributed by atoms with E-state index >= 15 is 0 Å². The lowest BCUT2D eigenvalue weighted by atomic mass is 10.1. The fourth-order valence-electron chi connectivity index (χ4n) is 1.73. The Morgan fingerprint density at radius 2 is 2.19 bits per heavy atom. The molecule has 0 heterocycles. The van der Waals surface area contributed by atoms with Crippen molar-refractivity contribution in [1.29, 1.82) is 0 Å². The Balaban J connectivity index is 2.78. The Labute approximate surface area is 128 Å². The summed E-state index contributed by atoms with van der Waals surface area (Å²) in [5, 5.41) is 11.9. The largest absolute Gasteiger partial charge is 0.480 e. The summed E-state index contributed by atoms with van der Waals surface area (Å²) in [6, 6.07) is 5.26. The van der Waals surface area contributed by atoms with Crippen LogP contribution in [0.1, 0.15) is 24.9 Å². The lowest BCUT2D eigenvalue weighted by Crippen LogP contribution is -2.47. The van der Waals surface area contributed by atoms with Gasteiger partial charge in [-0.1, -0.05) is 23.7 Å². The molecule has 0 fully saturated rings. The van der Waals surface area contributed by atoms with E-state index in [0.717, 1.165) is 5.56 Å². The van der Waals surface area contributed by atoms with Gasteiger partial charge < -0.3 is 15.3 Å². The highest BCUT2D eigenvalue weighted by Crippen LogP contribution is 2.21. The Hall–Kier alpha value is -2.19. The SMILES string of the molecule is C#CCC(NC(=O)N(C)C(C)c1cccc(Cl)c1)C(=O)O. The van der Waals surface area contributed by atoms with E-state index in [0.29, 0.717) is 5.02 Å². The van der Waals surface area contributed by atoms with Crippen LogP contribution in [0.25, 0.3) is 0 Å². The summed E-state index contributed by atoms with van der Waals surface area (Å²) in [5.74, 6) is 1.07. The molecule has 21 heavy (non-hydrogen) atoms. The number of carbonyl (C=O) groups excluding carboxylic acids is 1. The highest BCUT2D eigenvalue weighted by Gasteiger charge is 2.23. The van der Waals surface area contributed by atoms with Gasteiger partial charge in [0.1, 0.15) is 6.04 Å². The second-order valence-corrected chi connectivity index (χ2v) is 5.03. The van der Waals surface area contributed by atoms with Crippen molar-refractivity contribution < 1.29 is 14.7 Å². The van der Waals surface area contributed by atoms with E-state index in [1.807, 2.05) is 13.0 Å². The van der Waals surface area contributed by atoms with E-state index in [-0.39, 0.29) is 12.5 Å². The first kappa shape index (κ1) is 16.9. The molecule has 0 bridgehead atoms. The number of terminal acetylenes is 1. The van der Waals surface area contributed by atoms with Crippen molar-refractivity contribution in [1.82, 2.24) is 10.2 Å². The van der Waals surface area contributed by atoms with E-state index in [4.69, 9.17) is 23.1 Å². The molecule has 112 valence electrons.